The molecule has 0 bridgehead atoms. The average Bonchev–Trinajstić information content (AvgIpc) is 2.15. The number of nitrogens with one attached hydrogen (secondary N) is 1. The third kappa shape index (κ3) is 7.33. The highest BCUT2D eigenvalue weighted by Crippen LogP contribution is 2.12. The fraction of sp³-hybridized carbons (Fsp3) is 0.909. The summed E-state index contributed by atoms with van der Waals surface area (Å²) in [5, 5.41) is 2.88. The van der Waals surface area contributed by atoms with Crippen LogP contribution in [0, 0.1) is 5.92 Å². The molecule has 0 aliphatic heterocycles. The minimum Gasteiger partial charge on any atom is -0.378 e. The highest BCUT2D eigenvalue weighted by atomic mass is 16.5. The van der Waals surface area contributed by atoms with Gasteiger partial charge in [-0.2, -0.15) is 0 Å². The van der Waals surface area contributed by atoms with E-state index in [4.69, 9.17) is 10.5 Å². The van der Waals surface area contributed by atoms with E-state index in [0.29, 0.717) is 25.4 Å². The lowest BCUT2D eigenvalue weighted by atomic mass is 10.0. The molecule has 15 heavy (non-hydrogen) atoms. The molecule has 4 heteroatoms. The fourth-order valence-corrected chi connectivity index (χ4v) is 1.20. The van der Waals surface area contributed by atoms with Crippen molar-refractivity contribution in [1.82, 2.24) is 5.32 Å². The van der Waals surface area contributed by atoms with Crippen LogP contribution in [0.3, 0.4) is 0 Å². The zero-order chi connectivity index (χ0) is 11.9. The van der Waals surface area contributed by atoms with Crippen molar-refractivity contribution in [1.29, 1.82) is 0 Å². The van der Waals surface area contributed by atoms with Gasteiger partial charge in [-0.25, -0.2) is 0 Å². The molecular formula is C11H24N2O2. The van der Waals surface area contributed by atoms with Crippen molar-refractivity contribution in [2.24, 2.45) is 11.7 Å². The molecule has 0 aromatic rings. The number of hydrogen-bond donors (Lipinski definition) is 2. The molecular weight excluding hydrogens is 192 g/mol. The Labute approximate surface area is 92.6 Å². The fourth-order valence-electron chi connectivity index (χ4n) is 1.20. The van der Waals surface area contributed by atoms with E-state index >= 15 is 0 Å². The first-order valence-corrected chi connectivity index (χ1v) is 5.43. The third-order valence-electron chi connectivity index (χ3n) is 2.45. The maximum Gasteiger partial charge on any atom is 0.222 e. The molecule has 0 aromatic heterocycles. The van der Waals surface area contributed by atoms with Gasteiger partial charge in [0, 0.05) is 13.7 Å². The van der Waals surface area contributed by atoms with E-state index in [9.17, 15) is 4.79 Å². The van der Waals surface area contributed by atoms with E-state index in [-0.39, 0.29) is 11.5 Å². The molecule has 0 rings (SSSR count). The highest BCUT2D eigenvalue weighted by molar-refractivity contribution is 5.76. The van der Waals surface area contributed by atoms with Gasteiger partial charge < -0.3 is 15.8 Å². The lowest BCUT2D eigenvalue weighted by molar-refractivity contribution is -0.126. The maximum absolute atomic E-state index is 11.5. The van der Waals surface area contributed by atoms with Crippen LogP contribution in [0.4, 0.5) is 0 Å². The number of rotatable bonds is 7. The summed E-state index contributed by atoms with van der Waals surface area (Å²) in [7, 11) is 1.62. The first kappa shape index (κ1) is 14.4. The summed E-state index contributed by atoms with van der Waals surface area (Å²) in [4.78, 5) is 11.5. The van der Waals surface area contributed by atoms with E-state index < -0.39 is 0 Å². The second-order valence-electron chi connectivity index (χ2n) is 4.63. The first-order valence-electron chi connectivity index (χ1n) is 5.43. The largest absolute Gasteiger partial charge is 0.378 e. The van der Waals surface area contributed by atoms with Gasteiger partial charge in [0.2, 0.25) is 5.91 Å². The first-order chi connectivity index (χ1) is 6.91. The second-order valence-corrected chi connectivity index (χ2v) is 4.63. The smallest absolute Gasteiger partial charge is 0.222 e. The van der Waals surface area contributed by atoms with Crippen LogP contribution >= 0.6 is 0 Å². The van der Waals surface area contributed by atoms with Crippen molar-refractivity contribution in [2.45, 2.75) is 39.2 Å². The Morgan fingerprint density at radius 2 is 2.13 bits per heavy atom. The number of hydrogen-bond acceptors (Lipinski definition) is 3. The van der Waals surface area contributed by atoms with Gasteiger partial charge in [-0.15, -0.1) is 0 Å². The molecule has 4 nitrogen and oxygen atoms in total. The van der Waals surface area contributed by atoms with Crippen LogP contribution in [-0.2, 0) is 9.53 Å². The van der Waals surface area contributed by atoms with Crippen LogP contribution in [0.15, 0.2) is 0 Å². The molecule has 0 heterocycles. The van der Waals surface area contributed by atoms with Crippen molar-refractivity contribution in [3.63, 3.8) is 0 Å². The molecule has 0 aromatic carbocycles. The quantitative estimate of drug-likeness (QED) is 0.664. The Bertz CT molecular complexity index is 193. The predicted octanol–water partition coefficient (Wildman–Crippen LogP) is 0.903. The lowest BCUT2D eigenvalue weighted by Gasteiger charge is -2.22. The Hall–Kier alpha value is -0.610. The second kappa shape index (κ2) is 6.80. The minimum absolute atomic E-state index is 0.0331. The number of methoxy groups -OCH3 is 1. The summed E-state index contributed by atoms with van der Waals surface area (Å²) in [6.45, 7) is 7.23. The van der Waals surface area contributed by atoms with Crippen LogP contribution in [0.5, 0.6) is 0 Å². The molecule has 0 radical (unpaired) electrons. The van der Waals surface area contributed by atoms with Gasteiger partial charge in [-0.1, -0.05) is 6.92 Å². The van der Waals surface area contributed by atoms with Crippen LogP contribution in [-0.4, -0.2) is 31.7 Å². The third-order valence-corrected chi connectivity index (χ3v) is 2.45. The van der Waals surface area contributed by atoms with Crippen LogP contribution in [0.25, 0.3) is 0 Å². The Morgan fingerprint density at radius 1 is 1.53 bits per heavy atom. The molecule has 0 saturated heterocycles. The molecule has 0 aliphatic rings. The van der Waals surface area contributed by atoms with Gasteiger partial charge in [0.1, 0.15) is 0 Å². The zero-order valence-electron chi connectivity index (χ0n) is 10.3. The highest BCUT2D eigenvalue weighted by Gasteiger charge is 2.20. The Balaban J connectivity index is 3.75. The molecule has 0 spiro atoms. The summed E-state index contributed by atoms with van der Waals surface area (Å²) >= 11 is 0. The molecule has 1 atom stereocenters. The van der Waals surface area contributed by atoms with Crippen LogP contribution in [0.2, 0.25) is 0 Å². The minimum atomic E-state index is -0.388. The summed E-state index contributed by atoms with van der Waals surface area (Å²) in [6, 6.07) is 0. The molecule has 1 unspecified atom stereocenters. The van der Waals surface area contributed by atoms with Gasteiger partial charge in [0.25, 0.3) is 0 Å². The maximum atomic E-state index is 11.5. The average molecular weight is 216 g/mol. The standard InChI is InChI=1S/C11H24N2O2/c1-9(5-6-12)8-13-10(14)7-11(2,3)15-4/h9H,5-8,12H2,1-4H3,(H,13,14). The van der Waals surface area contributed by atoms with Gasteiger partial charge in [-0.3, -0.25) is 4.79 Å². The van der Waals surface area contributed by atoms with Crippen molar-refractivity contribution in [2.75, 3.05) is 20.2 Å². The van der Waals surface area contributed by atoms with Gasteiger partial charge in [0.15, 0.2) is 0 Å². The number of amides is 1. The van der Waals surface area contributed by atoms with Gasteiger partial charge >= 0.3 is 0 Å². The Kier molecular flexibility index (Phi) is 6.52. The summed E-state index contributed by atoms with van der Waals surface area (Å²) in [6.07, 6.45) is 1.33. The van der Waals surface area contributed by atoms with Crippen LogP contribution in [0.1, 0.15) is 33.6 Å². The number of ether oxygens (including phenoxy) is 1. The molecule has 0 saturated carbocycles. The van der Waals surface area contributed by atoms with E-state index in [0.717, 1.165) is 6.42 Å². The SMILES string of the molecule is COC(C)(C)CC(=O)NCC(C)CCN. The molecule has 0 fully saturated rings. The summed E-state index contributed by atoms with van der Waals surface area (Å²) in [5.74, 6) is 0.468. The van der Waals surface area contributed by atoms with Crippen molar-refractivity contribution in [3.05, 3.63) is 0 Å². The predicted molar refractivity (Wildman–Crippen MR) is 61.6 cm³/mol. The zero-order valence-corrected chi connectivity index (χ0v) is 10.3. The van der Waals surface area contributed by atoms with E-state index in [1.165, 1.54) is 0 Å². The molecule has 1 amide bonds. The van der Waals surface area contributed by atoms with Gasteiger partial charge in [0.05, 0.1) is 12.0 Å². The monoisotopic (exact) mass is 216 g/mol. The summed E-state index contributed by atoms with van der Waals surface area (Å²) in [5.41, 5.74) is 5.04. The van der Waals surface area contributed by atoms with Crippen LogP contribution < -0.4 is 11.1 Å². The molecule has 0 aliphatic carbocycles. The van der Waals surface area contributed by atoms with Crippen molar-refractivity contribution in [3.8, 4) is 0 Å². The van der Waals surface area contributed by atoms with E-state index in [1.807, 2.05) is 13.8 Å². The normalized spacial score (nSPS) is 13.7. The molecule has 3 N–H and O–H groups in total. The van der Waals surface area contributed by atoms with Crippen molar-refractivity contribution < 1.29 is 9.53 Å². The summed E-state index contributed by atoms with van der Waals surface area (Å²) < 4.78 is 5.18. The lowest BCUT2D eigenvalue weighted by Crippen LogP contribution is -2.35. The van der Waals surface area contributed by atoms with Crippen molar-refractivity contribution >= 4 is 5.91 Å². The number of carbonyl (C=O) groups is 1. The van der Waals surface area contributed by atoms with Gasteiger partial charge in [-0.05, 0) is 32.7 Å². The topological polar surface area (TPSA) is 64.3 Å². The number of nitrogens with two attached hydrogens (primary N) is 1. The Morgan fingerprint density at radius 3 is 2.60 bits per heavy atom. The van der Waals surface area contributed by atoms with E-state index in [1.54, 1.807) is 7.11 Å². The molecule has 90 valence electrons. The van der Waals surface area contributed by atoms with E-state index in [2.05, 4.69) is 12.2 Å². The number of carbonyl (C=O) groups excluding carboxylic acids is 1.